The molecule has 0 unspecified atom stereocenters. The van der Waals surface area contributed by atoms with Gasteiger partial charge in [0.25, 0.3) is 5.91 Å². The molecule has 108 valence electrons. The number of carbonyl (C=O) groups excluding carboxylic acids is 1. The maximum absolute atomic E-state index is 12.1. The summed E-state index contributed by atoms with van der Waals surface area (Å²) in [5, 5.41) is 6.63. The quantitative estimate of drug-likeness (QED) is 0.732. The monoisotopic (exact) mass is 285 g/mol. The van der Waals surface area contributed by atoms with Crippen molar-refractivity contribution in [1.82, 2.24) is 15.2 Å². The molecule has 1 heterocycles. The van der Waals surface area contributed by atoms with E-state index in [1.54, 1.807) is 0 Å². The van der Waals surface area contributed by atoms with Gasteiger partial charge in [-0.1, -0.05) is 11.3 Å². The van der Waals surface area contributed by atoms with Crippen LogP contribution in [0.2, 0.25) is 0 Å². The molecule has 0 aromatic carbocycles. The summed E-state index contributed by atoms with van der Waals surface area (Å²) in [5.74, 6) is 0.107. The Labute approximate surface area is 118 Å². The minimum Gasteiger partial charge on any atom is -0.382 e. The molecule has 0 aliphatic heterocycles. The molecule has 1 amide bonds. The normalized spacial score (nSPS) is 11.7. The summed E-state index contributed by atoms with van der Waals surface area (Å²) in [6.45, 7) is 7.39. The van der Waals surface area contributed by atoms with E-state index in [2.05, 4.69) is 34.4 Å². The third-order valence-corrected chi connectivity index (χ3v) is 4.11. The number of amides is 1. The summed E-state index contributed by atoms with van der Waals surface area (Å²) in [7, 11) is 3.97. The first-order valence-corrected chi connectivity index (χ1v) is 7.05. The van der Waals surface area contributed by atoms with Gasteiger partial charge in [0, 0.05) is 18.6 Å². The molecular formula is C12H23N5OS. The van der Waals surface area contributed by atoms with E-state index in [4.69, 9.17) is 5.73 Å². The molecule has 1 rings (SSSR count). The van der Waals surface area contributed by atoms with Gasteiger partial charge in [-0.05, 0) is 34.9 Å². The van der Waals surface area contributed by atoms with Crippen molar-refractivity contribution >= 4 is 28.2 Å². The van der Waals surface area contributed by atoms with E-state index in [-0.39, 0.29) is 17.3 Å². The molecule has 6 nitrogen and oxygen atoms in total. The molecule has 0 saturated heterocycles. The summed E-state index contributed by atoms with van der Waals surface area (Å²) in [4.78, 5) is 18.7. The van der Waals surface area contributed by atoms with Crippen LogP contribution < -0.4 is 16.4 Å². The number of thiazole rings is 1. The first-order chi connectivity index (χ1) is 8.77. The summed E-state index contributed by atoms with van der Waals surface area (Å²) in [5.41, 5.74) is 5.65. The fourth-order valence-electron chi connectivity index (χ4n) is 1.26. The second kappa shape index (κ2) is 6.21. The fourth-order valence-corrected chi connectivity index (χ4v) is 2.13. The van der Waals surface area contributed by atoms with Crippen molar-refractivity contribution in [2.75, 3.05) is 38.2 Å². The van der Waals surface area contributed by atoms with Gasteiger partial charge in [0.15, 0.2) is 5.13 Å². The molecule has 7 heteroatoms. The molecule has 1 aromatic rings. The topological polar surface area (TPSA) is 83.3 Å². The number of aromatic nitrogens is 1. The fraction of sp³-hybridized carbons (Fsp3) is 0.667. The van der Waals surface area contributed by atoms with Crippen LogP contribution in [0, 0.1) is 0 Å². The highest BCUT2D eigenvalue weighted by Gasteiger charge is 2.23. The maximum Gasteiger partial charge on any atom is 0.265 e. The summed E-state index contributed by atoms with van der Waals surface area (Å²) in [6.07, 6.45) is 0. The molecule has 0 radical (unpaired) electrons. The second-order valence-electron chi connectivity index (χ2n) is 5.15. The zero-order valence-corrected chi connectivity index (χ0v) is 13.0. The minimum atomic E-state index is -0.172. The molecule has 0 bridgehead atoms. The van der Waals surface area contributed by atoms with Crippen molar-refractivity contribution in [3.05, 3.63) is 4.88 Å². The van der Waals surface area contributed by atoms with Crippen molar-refractivity contribution in [3.63, 3.8) is 0 Å². The van der Waals surface area contributed by atoms with Crippen LogP contribution in [0.15, 0.2) is 0 Å². The molecule has 0 atom stereocenters. The molecule has 1 aromatic heterocycles. The molecule has 0 saturated carbocycles. The Kier molecular flexibility index (Phi) is 5.13. The van der Waals surface area contributed by atoms with E-state index in [9.17, 15) is 4.79 Å². The van der Waals surface area contributed by atoms with E-state index in [0.717, 1.165) is 6.54 Å². The molecule has 19 heavy (non-hydrogen) atoms. The first-order valence-electron chi connectivity index (χ1n) is 6.23. The average molecular weight is 285 g/mol. The average Bonchev–Trinajstić information content (AvgIpc) is 2.68. The predicted molar refractivity (Wildman–Crippen MR) is 80.8 cm³/mol. The Morgan fingerprint density at radius 3 is 2.63 bits per heavy atom. The van der Waals surface area contributed by atoms with Gasteiger partial charge in [0.1, 0.15) is 10.7 Å². The third kappa shape index (κ3) is 4.07. The van der Waals surface area contributed by atoms with Crippen molar-refractivity contribution in [2.45, 2.75) is 26.3 Å². The highest BCUT2D eigenvalue weighted by molar-refractivity contribution is 7.18. The van der Waals surface area contributed by atoms with Gasteiger partial charge < -0.3 is 21.3 Å². The maximum atomic E-state index is 12.1. The lowest BCUT2D eigenvalue weighted by molar-refractivity contribution is 0.0924. The van der Waals surface area contributed by atoms with Crippen LogP contribution in [0.3, 0.4) is 0 Å². The van der Waals surface area contributed by atoms with Crippen LogP contribution in [0.25, 0.3) is 0 Å². The van der Waals surface area contributed by atoms with Crippen LogP contribution in [-0.2, 0) is 0 Å². The molecule has 0 spiro atoms. The van der Waals surface area contributed by atoms with E-state index >= 15 is 0 Å². The Morgan fingerprint density at radius 1 is 1.47 bits per heavy atom. The largest absolute Gasteiger partial charge is 0.382 e. The van der Waals surface area contributed by atoms with Gasteiger partial charge in [0.05, 0.1) is 0 Å². The van der Waals surface area contributed by atoms with Gasteiger partial charge in [-0.3, -0.25) is 4.79 Å². The second-order valence-corrected chi connectivity index (χ2v) is 6.15. The molecule has 0 fully saturated rings. The number of likely N-dealkylation sites (N-methyl/N-ethyl adjacent to an activating group) is 1. The van der Waals surface area contributed by atoms with Crippen LogP contribution in [0.4, 0.5) is 10.9 Å². The number of nitrogens with two attached hydrogens (primary N) is 1. The number of nitrogen functional groups attached to an aromatic ring is 1. The zero-order chi connectivity index (χ0) is 14.6. The van der Waals surface area contributed by atoms with Crippen LogP contribution in [-0.4, -0.2) is 48.5 Å². The van der Waals surface area contributed by atoms with Gasteiger partial charge in [-0.25, -0.2) is 4.98 Å². The van der Waals surface area contributed by atoms with E-state index in [0.29, 0.717) is 16.6 Å². The highest BCUT2D eigenvalue weighted by atomic mass is 32.1. The standard InChI is InChI=1S/C12H23N5OS/c1-6-14-11-16-9(13)8(19-11)10(18)15-7-12(2,3)17(4)5/h6-7,13H2,1-5H3,(H,14,16)(H,15,18). The number of nitrogens with zero attached hydrogens (tertiary/aromatic N) is 2. The number of anilines is 2. The van der Waals surface area contributed by atoms with Crippen LogP contribution >= 0.6 is 11.3 Å². The predicted octanol–water partition coefficient (Wildman–Crippen LogP) is 1.23. The van der Waals surface area contributed by atoms with Crippen molar-refractivity contribution in [1.29, 1.82) is 0 Å². The molecular weight excluding hydrogens is 262 g/mol. The van der Waals surface area contributed by atoms with Gasteiger partial charge in [-0.2, -0.15) is 0 Å². The SMILES string of the molecule is CCNc1nc(N)c(C(=O)NCC(C)(C)N(C)C)s1. The number of hydrogen-bond acceptors (Lipinski definition) is 6. The summed E-state index contributed by atoms with van der Waals surface area (Å²) < 4.78 is 0. The lowest BCUT2D eigenvalue weighted by Gasteiger charge is -2.32. The van der Waals surface area contributed by atoms with E-state index < -0.39 is 0 Å². The summed E-state index contributed by atoms with van der Waals surface area (Å²) in [6, 6.07) is 0. The first kappa shape index (κ1) is 15.7. The van der Waals surface area contributed by atoms with Crippen LogP contribution in [0.1, 0.15) is 30.4 Å². The molecule has 0 aliphatic rings. The van der Waals surface area contributed by atoms with Crippen molar-refractivity contribution in [2.24, 2.45) is 0 Å². The number of rotatable bonds is 6. The molecule has 0 aliphatic carbocycles. The van der Waals surface area contributed by atoms with E-state index in [1.807, 2.05) is 21.0 Å². The van der Waals surface area contributed by atoms with Crippen molar-refractivity contribution < 1.29 is 4.79 Å². The molecule has 4 N–H and O–H groups in total. The highest BCUT2D eigenvalue weighted by Crippen LogP contribution is 2.24. The number of hydrogen-bond donors (Lipinski definition) is 3. The van der Waals surface area contributed by atoms with Gasteiger partial charge in [0.2, 0.25) is 0 Å². The Balaban J connectivity index is 2.68. The van der Waals surface area contributed by atoms with Gasteiger partial charge >= 0.3 is 0 Å². The smallest absolute Gasteiger partial charge is 0.265 e. The van der Waals surface area contributed by atoms with Crippen LogP contribution in [0.5, 0.6) is 0 Å². The Hall–Kier alpha value is -1.34. The zero-order valence-electron chi connectivity index (χ0n) is 12.2. The number of nitrogens with one attached hydrogen (secondary N) is 2. The third-order valence-electron chi connectivity index (χ3n) is 3.08. The Morgan fingerprint density at radius 2 is 2.11 bits per heavy atom. The summed E-state index contributed by atoms with van der Waals surface area (Å²) >= 11 is 1.28. The van der Waals surface area contributed by atoms with Gasteiger partial charge in [-0.15, -0.1) is 0 Å². The minimum absolute atomic E-state index is 0.111. The lowest BCUT2D eigenvalue weighted by atomic mass is 10.0. The van der Waals surface area contributed by atoms with Crippen molar-refractivity contribution in [3.8, 4) is 0 Å². The number of carbonyl (C=O) groups is 1. The lowest BCUT2D eigenvalue weighted by Crippen LogP contribution is -2.48. The Bertz CT molecular complexity index is 441. The van der Waals surface area contributed by atoms with E-state index in [1.165, 1.54) is 11.3 Å².